The van der Waals surface area contributed by atoms with E-state index in [1.165, 1.54) is 0 Å². The Balaban J connectivity index is 1.44. The Labute approximate surface area is 240 Å². The Bertz CT molecular complexity index is 1450. The molecule has 1 N–H and O–H groups in total. The molecule has 1 aliphatic heterocycles. The van der Waals surface area contributed by atoms with Gasteiger partial charge in [-0.3, -0.25) is 9.59 Å². The third kappa shape index (κ3) is 6.87. The summed E-state index contributed by atoms with van der Waals surface area (Å²) in [6.45, 7) is 2.68. The van der Waals surface area contributed by atoms with E-state index in [2.05, 4.69) is 5.32 Å². The maximum Gasteiger partial charge on any atom is 0.268 e. The van der Waals surface area contributed by atoms with Crippen LogP contribution in [0.4, 0.5) is 0 Å². The fraction of sp³-hybridized carbons (Fsp3) is 0.235. The molecule has 0 saturated heterocycles. The molecule has 7 heteroatoms. The highest BCUT2D eigenvalue weighted by Crippen LogP contribution is 2.32. The SMILES string of the molecule is COc1ccc(CNC(=O)[C@@H](c2ccc(C)cc2)N(CCc2ccccc2)C(=O)[C@@H]2COc3ccccc3O2)cc1. The maximum atomic E-state index is 14.2. The van der Waals surface area contributed by atoms with Crippen LogP contribution in [0.5, 0.6) is 17.2 Å². The van der Waals surface area contributed by atoms with E-state index in [1.807, 2.05) is 104 Å². The first kappa shape index (κ1) is 27.8. The minimum absolute atomic E-state index is 0.0613. The maximum absolute atomic E-state index is 14.2. The molecule has 0 radical (unpaired) electrons. The Morgan fingerprint density at radius 1 is 0.878 bits per heavy atom. The summed E-state index contributed by atoms with van der Waals surface area (Å²) in [6.07, 6.45) is -0.312. The van der Waals surface area contributed by atoms with E-state index in [0.29, 0.717) is 31.0 Å². The van der Waals surface area contributed by atoms with Gasteiger partial charge >= 0.3 is 0 Å². The first-order valence-corrected chi connectivity index (χ1v) is 13.7. The predicted octanol–water partition coefficient (Wildman–Crippen LogP) is 5.27. The van der Waals surface area contributed by atoms with Crippen LogP contribution in [-0.2, 0) is 22.6 Å². The second-order valence-electron chi connectivity index (χ2n) is 10.0. The molecule has 7 nitrogen and oxygen atoms in total. The summed E-state index contributed by atoms with van der Waals surface area (Å²) in [4.78, 5) is 29.8. The standard InChI is InChI=1S/C34H34N2O5/c1-24-12-16-27(17-13-24)32(33(37)35-22-26-14-18-28(39-2)19-15-26)36(21-20-25-8-4-3-5-9-25)34(38)31-23-40-29-10-6-7-11-30(29)41-31/h3-19,31-32H,20-23H2,1-2H3,(H,35,37)/t31-,32+/m0/s1. The minimum Gasteiger partial charge on any atom is -0.497 e. The minimum atomic E-state index is -0.886. The molecule has 0 aliphatic carbocycles. The normalized spacial score (nSPS) is 14.5. The zero-order valence-corrected chi connectivity index (χ0v) is 23.3. The number of ether oxygens (including phenoxy) is 3. The van der Waals surface area contributed by atoms with E-state index in [0.717, 1.165) is 28.0 Å². The highest BCUT2D eigenvalue weighted by Gasteiger charge is 2.38. The number of nitrogens with one attached hydrogen (secondary N) is 1. The summed E-state index contributed by atoms with van der Waals surface area (Å²) in [5, 5.41) is 3.06. The van der Waals surface area contributed by atoms with E-state index in [9.17, 15) is 9.59 Å². The van der Waals surface area contributed by atoms with Crippen LogP contribution in [0.3, 0.4) is 0 Å². The van der Waals surface area contributed by atoms with Gasteiger partial charge in [0.15, 0.2) is 11.5 Å². The zero-order valence-electron chi connectivity index (χ0n) is 23.3. The number of para-hydroxylation sites is 2. The van der Waals surface area contributed by atoms with Gasteiger partial charge in [0.1, 0.15) is 18.4 Å². The number of benzene rings is 4. The number of carbonyl (C=O) groups excluding carboxylic acids is 2. The molecule has 1 heterocycles. The number of carbonyl (C=O) groups is 2. The predicted molar refractivity (Wildman–Crippen MR) is 157 cm³/mol. The van der Waals surface area contributed by atoms with Crippen LogP contribution in [0, 0.1) is 6.92 Å². The van der Waals surface area contributed by atoms with Gasteiger partial charge in [-0.15, -0.1) is 0 Å². The molecule has 0 bridgehead atoms. The lowest BCUT2D eigenvalue weighted by Crippen LogP contribution is -2.51. The van der Waals surface area contributed by atoms with Crippen molar-refractivity contribution in [1.29, 1.82) is 0 Å². The Hall–Kier alpha value is -4.78. The highest BCUT2D eigenvalue weighted by atomic mass is 16.6. The topological polar surface area (TPSA) is 77.1 Å². The van der Waals surface area contributed by atoms with Gasteiger partial charge in [0.25, 0.3) is 5.91 Å². The molecule has 5 rings (SSSR count). The Morgan fingerprint density at radius 2 is 1.56 bits per heavy atom. The van der Waals surface area contributed by atoms with E-state index in [4.69, 9.17) is 14.2 Å². The molecule has 2 atom stereocenters. The smallest absolute Gasteiger partial charge is 0.268 e. The fourth-order valence-corrected chi connectivity index (χ4v) is 4.84. The van der Waals surface area contributed by atoms with Crippen LogP contribution in [0.2, 0.25) is 0 Å². The van der Waals surface area contributed by atoms with Crippen LogP contribution < -0.4 is 19.5 Å². The fourth-order valence-electron chi connectivity index (χ4n) is 4.84. The van der Waals surface area contributed by atoms with Crippen molar-refractivity contribution < 1.29 is 23.8 Å². The number of methoxy groups -OCH3 is 1. The van der Waals surface area contributed by atoms with E-state index in [1.54, 1.807) is 18.1 Å². The number of fused-ring (bicyclic) bond motifs is 1. The van der Waals surface area contributed by atoms with Gasteiger partial charge in [-0.05, 0) is 54.3 Å². The second kappa shape index (κ2) is 13.0. The lowest BCUT2D eigenvalue weighted by atomic mass is 10.0. The van der Waals surface area contributed by atoms with Crippen LogP contribution >= 0.6 is 0 Å². The van der Waals surface area contributed by atoms with Gasteiger partial charge in [0, 0.05) is 13.1 Å². The van der Waals surface area contributed by atoms with Gasteiger partial charge in [0.05, 0.1) is 7.11 Å². The molecule has 0 unspecified atom stereocenters. The van der Waals surface area contributed by atoms with E-state index in [-0.39, 0.29) is 18.4 Å². The molecule has 2 amide bonds. The van der Waals surface area contributed by atoms with Crippen molar-refractivity contribution in [2.24, 2.45) is 0 Å². The monoisotopic (exact) mass is 550 g/mol. The van der Waals surface area contributed by atoms with Gasteiger partial charge in [-0.2, -0.15) is 0 Å². The number of aryl methyl sites for hydroxylation is 1. The summed E-state index contributed by atoms with van der Waals surface area (Å²) in [7, 11) is 1.61. The number of hydrogen-bond acceptors (Lipinski definition) is 5. The number of amides is 2. The number of hydrogen-bond donors (Lipinski definition) is 1. The Morgan fingerprint density at radius 3 is 2.27 bits per heavy atom. The molecule has 0 saturated carbocycles. The molecule has 210 valence electrons. The molecular weight excluding hydrogens is 516 g/mol. The second-order valence-corrected chi connectivity index (χ2v) is 10.0. The average molecular weight is 551 g/mol. The molecule has 41 heavy (non-hydrogen) atoms. The van der Waals surface area contributed by atoms with Gasteiger partial charge in [-0.1, -0.05) is 84.4 Å². The van der Waals surface area contributed by atoms with Crippen LogP contribution in [-0.4, -0.2) is 43.1 Å². The van der Waals surface area contributed by atoms with Crippen molar-refractivity contribution in [3.63, 3.8) is 0 Å². The molecule has 0 aromatic heterocycles. The first-order valence-electron chi connectivity index (χ1n) is 13.7. The summed E-state index contributed by atoms with van der Waals surface area (Å²) in [5.41, 5.74) is 3.78. The van der Waals surface area contributed by atoms with Crippen molar-refractivity contribution in [2.45, 2.75) is 32.0 Å². The molecule has 1 aliphatic rings. The van der Waals surface area contributed by atoms with Crippen LogP contribution in [0.1, 0.15) is 28.3 Å². The van der Waals surface area contributed by atoms with Crippen molar-refractivity contribution >= 4 is 11.8 Å². The van der Waals surface area contributed by atoms with Gasteiger partial charge < -0.3 is 24.4 Å². The van der Waals surface area contributed by atoms with Crippen molar-refractivity contribution in [1.82, 2.24) is 10.2 Å². The quantitative estimate of drug-likeness (QED) is 0.291. The van der Waals surface area contributed by atoms with Gasteiger partial charge in [-0.25, -0.2) is 0 Å². The Kier molecular flexibility index (Phi) is 8.84. The number of rotatable bonds is 10. The lowest BCUT2D eigenvalue weighted by Gasteiger charge is -2.35. The van der Waals surface area contributed by atoms with Crippen molar-refractivity contribution in [3.8, 4) is 17.2 Å². The van der Waals surface area contributed by atoms with E-state index < -0.39 is 12.1 Å². The van der Waals surface area contributed by atoms with E-state index >= 15 is 0 Å². The average Bonchev–Trinajstić information content (AvgIpc) is 3.02. The third-order valence-electron chi connectivity index (χ3n) is 7.13. The van der Waals surface area contributed by atoms with Crippen LogP contribution in [0.25, 0.3) is 0 Å². The summed E-state index contributed by atoms with van der Waals surface area (Å²) in [5.74, 6) is 1.27. The number of nitrogens with zero attached hydrogens (tertiary/aromatic N) is 1. The van der Waals surface area contributed by atoms with Crippen molar-refractivity contribution in [2.75, 3.05) is 20.3 Å². The highest BCUT2D eigenvalue weighted by molar-refractivity contribution is 5.90. The molecule has 0 fully saturated rings. The summed E-state index contributed by atoms with van der Waals surface area (Å²) in [6, 6.07) is 31.6. The molecule has 4 aromatic rings. The largest absolute Gasteiger partial charge is 0.497 e. The third-order valence-corrected chi connectivity index (χ3v) is 7.13. The summed E-state index contributed by atoms with van der Waals surface area (Å²) < 4.78 is 17.2. The first-order chi connectivity index (χ1) is 20.0. The molecule has 0 spiro atoms. The molecule has 4 aromatic carbocycles. The summed E-state index contributed by atoms with van der Waals surface area (Å²) >= 11 is 0. The lowest BCUT2D eigenvalue weighted by molar-refractivity contribution is -0.148. The molecular formula is C34H34N2O5. The van der Waals surface area contributed by atoms with Crippen molar-refractivity contribution in [3.05, 3.63) is 125 Å². The van der Waals surface area contributed by atoms with Gasteiger partial charge in [0.2, 0.25) is 12.0 Å². The zero-order chi connectivity index (χ0) is 28.6. The van der Waals surface area contributed by atoms with Crippen LogP contribution in [0.15, 0.2) is 103 Å².